The van der Waals surface area contributed by atoms with Crippen molar-refractivity contribution < 1.29 is 9.59 Å². The van der Waals surface area contributed by atoms with Crippen molar-refractivity contribution in [3.05, 3.63) is 17.4 Å². The number of amides is 3. The van der Waals surface area contributed by atoms with E-state index in [0.717, 1.165) is 12.8 Å². The Labute approximate surface area is 135 Å². The number of nitrogens with zero attached hydrogens (tertiary/aromatic N) is 4. The second kappa shape index (κ2) is 7.49. The van der Waals surface area contributed by atoms with Gasteiger partial charge >= 0.3 is 6.03 Å². The average Bonchev–Trinajstić information content (AvgIpc) is 2.92. The van der Waals surface area contributed by atoms with Crippen LogP contribution in [0.3, 0.4) is 0 Å². The summed E-state index contributed by atoms with van der Waals surface area (Å²) in [5, 5.41) is 7.54. The van der Waals surface area contributed by atoms with E-state index in [1.807, 2.05) is 0 Å². The van der Waals surface area contributed by atoms with Crippen LogP contribution in [-0.4, -0.2) is 65.2 Å². The largest absolute Gasteiger partial charge is 0.354 e. The zero-order valence-electron chi connectivity index (χ0n) is 13.0. The molecule has 1 aliphatic heterocycles. The second-order valence-corrected chi connectivity index (χ2v) is 6.11. The van der Waals surface area contributed by atoms with Crippen molar-refractivity contribution in [1.82, 2.24) is 24.9 Å². The van der Waals surface area contributed by atoms with Crippen LogP contribution in [0.5, 0.6) is 0 Å². The number of carbonyl (C=O) groups excluding carboxylic acids is 2. The fourth-order valence-electron chi connectivity index (χ4n) is 2.55. The van der Waals surface area contributed by atoms with Gasteiger partial charge in [0.25, 0.3) is 0 Å². The van der Waals surface area contributed by atoms with Gasteiger partial charge in [-0.25, -0.2) is 4.79 Å². The Balaban J connectivity index is 1.78. The Morgan fingerprint density at radius 1 is 1.50 bits per heavy atom. The number of hydrogen-bond acceptors (Lipinski definition) is 3. The third kappa shape index (κ3) is 4.37. The summed E-state index contributed by atoms with van der Waals surface area (Å²) >= 11 is 5.78. The molecular formula is C14H22ClN5O2. The molecule has 0 saturated carbocycles. The zero-order valence-corrected chi connectivity index (χ0v) is 13.7. The number of carbonyl (C=O) groups is 2. The summed E-state index contributed by atoms with van der Waals surface area (Å²) in [6.45, 7) is 2.27. The lowest BCUT2D eigenvalue weighted by atomic mass is 9.97. The summed E-state index contributed by atoms with van der Waals surface area (Å²) in [7, 11) is 3.45. The number of urea groups is 1. The van der Waals surface area contributed by atoms with Crippen LogP contribution in [0.1, 0.15) is 12.8 Å². The lowest BCUT2D eigenvalue weighted by Gasteiger charge is -2.33. The van der Waals surface area contributed by atoms with Crippen molar-refractivity contribution in [3.63, 3.8) is 0 Å². The van der Waals surface area contributed by atoms with Crippen LogP contribution < -0.4 is 5.32 Å². The van der Waals surface area contributed by atoms with E-state index in [1.165, 1.54) is 0 Å². The molecule has 1 N–H and O–H groups in total. The quantitative estimate of drug-likeness (QED) is 0.898. The number of rotatable bonds is 4. The molecule has 7 nitrogen and oxygen atoms in total. The number of piperidine rings is 1. The maximum absolute atomic E-state index is 12.2. The first kappa shape index (κ1) is 16.6. The highest BCUT2D eigenvalue weighted by Gasteiger charge is 2.28. The minimum absolute atomic E-state index is 0.00508. The molecule has 0 bridgehead atoms. The fraction of sp³-hybridized carbons (Fsp3) is 0.643. The Morgan fingerprint density at radius 2 is 2.27 bits per heavy atom. The van der Waals surface area contributed by atoms with Crippen LogP contribution in [0, 0.1) is 5.92 Å². The molecule has 3 amide bonds. The van der Waals surface area contributed by atoms with Crippen LogP contribution in [0.15, 0.2) is 12.4 Å². The van der Waals surface area contributed by atoms with Gasteiger partial charge in [0.1, 0.15) is 0 Å². The summed E-state index contributed by atoms with van der Waals surface area (Å²) in [6.07, 6.45) is 4.95. The van der Waals surface area contributed by atoms with E-state index in [4.69, 9.17) is 11.6 Å². The number of aromatic nitrogens is 2. The van der Waals surface area contributed by atoms with Crippen LogP contribution in [0.25, 0.3) is 0 Å². The zero-order chi connectivity index (χ0) is 16.1. The lowest BCUT2D eigenvalue weighted by Crippen LogP contribution is -2.48. The van der Waals surface area contributed by atoms with Gasteiger partial charge in [0.05, 0.1) is 23.7 Å². The van der Waals surface area contributed by atoms with Crippen LogP contribution in [0.2, 0.25) is 5.02 Å². The smallest absolute Gasteiger partial charge is 0.319 e. The summed E-state index contributed by atoms with van der Waals surface area (Å²) in [5.74, 6) is -0.145. The second-order valence-electron chi connectivity index (χ2n) is 5.67. The van der Waals surface area contributed by atoms with E-state index in [1.54, 1.807) is 41.0 Å². The molecule has 0 aliphatic carbocycles. The van der Waals surface area contributed by atoms with E-state index in [9.17, 15) is 9.59 Å². The molecular weight excluding hydrogens is 306 g/mol. The van der Waals surface area contributed by atoms with Gasteiger partial charge in [-0.05, 0) is 12.8 Å². The molecule has 0 unspecified atom stereocenters. The van der Waals surface area contributed by atoms with Crippen LogP contribution in [-0.2, 0) is 11.3 Å². The molecule has 1 aliphatic rings. The van der Waals surface area contributed by atoms with Gasteiger partial charge in [0, 0.05) is 39.9 Å². The molecule has 122 valence electrons. The normalized spacial score (nSPS) is 18.1. The molecule has 1 fully saturated rings. The first-order valence-electron chi connectivity index (χ1n) is 7.39. The first-order valence-corrected chi connectivity index (χ1v) is 7.77. The van der Waals surface area contributed by atoms with Gasteiger partial charge in [-0.3, -0.25) is 9.48 Å². The Morgan fingerprint density at radius 3 is 2.91 bits per heavy atom. The third-order valence-electron chi connectivity index (χ3n) is 3.69. The van der Waals surface area contributed by atoms with Crippen molar-refractivity contribution in [1.29, 1.82) is 0 Å². The summed E-state index contributed by atoms with van der Waals surface area (Å²) < 4.78 is 1.69. The van der Waals surface area contributed by atoms with E-state index < -0.39 is 0 Å². The lowest BCUT2D eigenvalue weighted by molar-refractivity contribution is -0.126. The molecule has 1 atom stereocenters. The summed E-state index contributed by atoms with van der Waals surface area (Å²) in [4.78, 5) is 27.5. The van der Waals surface area contributed by atoms with Gasteiger partial charge in [-0.15, -0.1) is 0 Å². The average molecular weight is 328 g/mol. The highest BCUT2D eigenvalue weighted by molar-refractivity contribution is 6.30. The molecule has 0 aromatic carbocycles. The van der Waals surface area contributed by atoms with E-state index in [0.29, 0.717) is 31.2 Å². The Hall–Kier alpha value is -1.76. The monoisotopic (exact) mass is 327 g/mol. The maximum atomic E-state index is 12.2. The highest BCUT2D eigenvalue weighted by atomic mass is 35.5. The van der Waals surface area contributed by atoms with E-state index in [2.05, 4.69) is 10.4 Å². The van der Waals surface area contributed by atoms with Crippen molar-refractivity contribution >= 4 is 23.5 Å². The minimum Gasteiger partial charge on any atom is -0.354 e. The van der Waals surface area contributed by atoms with Gasteiger partial charge in [-0.1, -0.05) is 11.6 Å². The van der Waals surface area contributed by atoms with Crippen molar-refractivity contribution in [2.75, 3.05) is 33.7 Å². The maximum Gasteiger partial charge on any atom is 0.319 e. The SMILES string of the molecule is CN(C)C(=O)N1CCC[C@@H](C(=O)NCCn2cc(Cl)cn2)C1. The first-order chi connectivity index (χ1) is 10.5. The molecule has 0 spiro atoms. The van der Waals surface area contributed by atoms with Gasteiger partial charge < -0.3 is 15.1 Å². The Bertz CT molecular complexity index is 531. The predicted octanol–water partition coefficient (Wildman–Crippen LogP) is 1.05. The molecule has 22 heavy (non-hydrogen) atoms. The van der Waals surface area contributed by atoms with E-state index in [-0.39, 0.29) is 17.9 Å². The summed E-state index contributed by atoms with van der Waals surface area (Å²) in [6, 6.07) is -0.0383. The van der Waals surface area contributed by atoms with Crippen molar-refractivity contribution in [2.45, 2.75) is 19.4 Å². The Kier molecular flexibility index (Phi) is 5.65. The molecule has 2 rings (SSSR count). The molecule has 1 saturated heterocycles. The molecule has 1 aromatic rings. The number of halogens is 1. The molecule has 2 heterocycles. The van der Waals surface area contributed by atoms with Crippen molar-refractivity contribution in [3.8, 4) is 0 Å². The molecule has 0 radical (unpaired) electrons. The van der Waals surface area contributed by atoms with E-state index >= 15 is 0 Å². The van der Waals surface area contributed by atoms with Gasteiger partial charge in [0.2, 0.25) is 5.91 Å². The number of hydrogen-bond donors (Lipinski definition) is 1. The molecule has 8 heteroatoms. The number of nitrogens with one attached hydrogen (secondary N) is 1. The molecule has 1 aromatic heterocycles. The van der Waals surface area contributed by atoms with Crippen LogP contribution >= 0.6 is 11.6 Å². The van der Waals surface area contributed by atoms with Gasteiger partial charge in [-0.2, -0.15) is 5.10 Å². The van der Waals surface area contributed by atoms with Crippen LogP contribution in [0.4, 0.5) is 4.79 Å². The third-order valence-corrected chi connectivity index (χ3v) is 3.88. The highest BCUT2D eigenvalue weighted by Crippen LogP contribution is 2.17. The topological polar surface area (TPSA) is 70.5 Å². The summed E-state index contributed by atoms with van der Waals surface area (Å²) in [5.41, 5.74) is 0. The standard InChI is InChI=1S/C14H22ClN5O2/c1-18(2)14(22)19-6-3-4-11(9-19)13(21)16-5-7-20-10-12(15)8-17-20/h8,10-11H,3-7,9H2,1-2H3,(H,16,21)/t11-/m1/s1. The van der Waals surface area contributed by atoms with Gasteiger partial charge in [0.15, 0.2) is 0 Å². The predicted molar refractivity (Wildman–Crippen MR) is 83.6 cm³/mol. The fourth-order valence-corrected chi connectivity index (χ4v) is 2.70. The minimum atomic E-state index is -0.140. The number of likely N-dealkylation sites (tertiary alicyclic amines) is 1. The van der Waals surface area contributed by atoms with Crippen molar-refractivity contribution in [2.24, 2.45) is 5.92 Å².